The number of carboxylic acids is 4. The minimum absolute atomic E-state index is 0.155. The summed E-state index contributed by atoms with van der Waals surface area (Å²) in [6.45, 7) is 0.140. The van der Waals surface area contributed by atoms with E-state index in [4.69, 9.17) is 31.9 Å². The van der Waals surface area contributed by atoms with Crippen LogP contribution >= 0.6 is 21.6 Å². The van der Waals surface area contributed by atoms with E-state index in [0.717, 1.165) is 21.6 Å². The minimum atomic E-state index is -1.34. The Hall–Kier alpha value is -4.94. The molecule has 0 aliphatic heterocycles. The molecule has 0 bridgehead atoms. The molecule has 4 atom stereocenters. The highest BCUT2D eigenvalue weighted by molar-refractivity contribution is 8.76. The number of H-pyrrole nitrogens is 2. The molecular weight excluding hydrogens is 700 g/mol. The lowest BCUT2D eigenvalue weighted by Crippen LogP contribution is -2.50. The average Bonchev–Trinajstić information content (AvgIpc) is 3.02. The molecule has 1 rings (SSSR count). The van der Waals surface area contributed by atoms with E-state index in [2.05, 4.69) is 31.2 Å². The van der Waals surface area contributed by atoms with Crippen molar-refractivity contribution in [2.24, 2.45) is 11.5 Å². The van der Waals surface area contributed by atoms with Gasteiger partial charge in [-0.15, -0.1) is 0 Å². The third-order valence-electron chi connectivity index (χ3n) is 5.69. The van der Waals surface area contributed by atoms with Crippen molar-refractivity contribution in [1.29, 1.82) is 0 Å². The van der Waals surface area contributed by atoms with Crippen LogP contribution in [0.3, 0.4) is 0 Å². The van der Waals surface area contributed by atoms with Crippen LogP contribution in [0.1, 0.15) is 31.2 Å². The number of hydrogen-bond acceptors (Lipinski definition) is 14. The van der Waals surface area contributed by atoms with Crippen LogP contribution in [0.15, 0.2) is 15.8 Å². The number of nitrogens with two attached hydrogens (primary N) is 2. The van der Waals surface area contributed by atoms with Crippen LogP contribution in [0.2, 0.25) is 0 Å². The first-order valence-electron chi connectivity index (χ1n) is 13.9. The number of hydrogen-bond donors (Lipinski definition) is 12. The first-order valence-corrected chi connectivity index (χ1v) is 16.4. The maximum atomic E-state index is 12.4. The smallest absolute Gasteiger partial charge is 0.325 e. The second-order valence-electron chi connectivity index (χ2n) is 9.75. The number of aryl methyl sites for hydroxylation is 1. The predicted molar refractivity (Wildman–Crippen MR) is 172 cm³/mol. The van der Waals surface area contributed by atoms with Gasteiger partial charge >= 0.3 is 29.6 Å². The average molecular weight is 739 g/mol. The number of carbonyl (C=O) groups excluding carboxylic acids is 4. The number of rotatable bonds is 21. The molecule has 49 heavy (non-hydrogen) atoms. The van der Waals surface area contributed by atoms with E-state index in [1.165, 1.54) is 6.20 Å². The van der Waals surface area contributed by atoms with Gasteiger partial charge in [0.15, 0.2) is 0 Å². The van der Waals surface area contributed by atoms with E-state index in [1.54, 1.807) is 6.92 Å². The van der Waals surface area contributed by atoms with Crippen molar-refractivity contribution >= 4 is 69.1 Å². The van der Waals surface area contributed by atoms with E-state index in [0.29, 0.717) is 5.56 Å². The molecule has 0 saturated heterocycles. The summed E-state index contributed by atoms with van der Waals surface area (Å²) >= 11 is 0. The van der Waals surface area contributed by atoms with E-state index in [1.807, 2.05) is 0 Å². The van der Waals surface area contributed by atoms with Crippen LogP contribution < -0.4 is 44.0 Å². The normalized spacial score (nSPS) is 12.8. The van der Waals surface area contributed by atoms with Crippen LogP contribution in [-0.2, 0) is 38.4 Å². The lowest BCUT2D eigenvalue weighted by molar-refractivity contribution is -0.140. The fourth-order valence-corrected chi connectivity index (χ4v) is 5.33. The summed E-state index contributed by atoms with van der Waals surface area (Å²) in [6.07, 6.45) is 0.253. The van der Waals surface area contributed by atoms with Crippen molar-refractivity contribution in [3.63, 3.8) is 0 Å². The number of aliphatic carboxylic acids is 4. The van der Waals surface area contributed by atoms with Crippen LogP contribution in [0.5, 0.6) is 0 Å². The zero-order chi connectivity index (χ0) is 37.7. The van der Waals surface area contributed by atoms with Gasteiger partial charge in [0.05, 0.1) is 0 Å². The molecule has 0 aromatic carbocycles. The van der Waals surface area contributed by atoms with Crippen molar-refractivity contribution < 1.29 is 58.8 Å². The first-order chi connectivity index (χ1) is 22.8. The summed E-state index contributed by atoms with van der Waals surface area (Å²) in [5, 5.41) is 44.1. The molecule has 0 fully saturated rings. The molecule has 1 aromatic rings. The van der Waals surface area contributed by atoms with Gasteiger partial charge in [-0.25, -0.2) is 4.79 Å². The quantitative estimate of drug-likeness (QED) is 0.0417. The zero-order valence-corrected chi connectivity index (χ0v) is 27.5. The van der Waals surface area contributed by atoms with Crippen LogP contribution in [0.4, 0.5) is 0 Å². The monoisotopic (exact) mass is 738 g/mol. The van der Waals surface area contributed by atoms with Crippen molar-refractivity contribution in [3.8, 4) is 0 Å². The molecule has 22 nitrogen and oxygen atoms in total. The molecule has 0 spiro atoms. The molecule has 1 aromatic heterocycles. The van der Waals surface area contributed by atoms with Crippen molar-refractivity contribution in [3.05, 3.63) is 32.6 Å². The first kappa shape index (κ1) is 44.1. The molecule has 274 valence electrons. The summed E-state index contributed by atoms with van der Waals surface area (Å²) in [5.41, 5.74) is 10.4. The summed E-state index contributed by atoms with van der Waals surface area (Å²) in [6, 6.07) is -5.16. The Morgan fingerprint density at radius 3 is 1.43 bits per heavy atom. The molecular formula is C25H38N8O14S2. The Morgan fingerprint density at radius 1 is 0.735 bits per heavy atom. The van der Waals surface area contributed by atoms with E-state index < -0.39 is 90.5 Å². The van der Waals surface area contributed by atoms with E-state index in [9.17, 15) is 47.9 Å². The summed E-state index contributed by atoms with van der Waals surface area (Å²) < 4.78 is 0. The maximum Gasteiger partial charge on any atom is 0.325 e. The third-order valence-corrected chi connectivity index (χ3v) is 8.11. The van der Waals surface area contributed by atoms with Gasteiger partial charge in [0.25, 0.3) is 5.56 Å². The molecule has 0 aliphatic carbocycles. The molecule has 4 unspecified atom stereocenters. The maximum absolute atomic E-state index is 12.4. The summed E-state index contributed by atoms with van der Waals surface area (Å²) in [5.74, 6) is -8.81. The van der Waals surface area contributed by atoms with Crippen LogP contribution in [0.25, 0.3) is 0 Å². The summed E-state index contributed by atoms with van der Waals surface area (Å²) in [7, 11) is 1.89. The largest absolute Gasteiger partial charge is 0.480 e. The Bertz CT molecular complexity index is 1380. The van der Waals surface area contributed by atoms with Crippen molar-refractivity contribution in [2.45, 2.75) is 56.8 Å². The Balaban J connectivity index is 0.00000219. The topological polar surface area (TPSA) is 383 Å². The number of carboxylic acid groups (broad SMARTS) is 4. The third kappa shape index (κ3) is 20.8. The standard InChI is InChI=1S/C20H32N6O12S2.C5H6N2O2/c21-9(19(35)36)1-3-13(27)25-11(17(33)23-5-15(29)30)7-39-40-8-12(18(34)24-6-16(31)32)26-14(28)4-2-10(22)20(37)38;1-3-2-6-5(9)7-4(3)8/h9-12H,1-8,21-22H2,(H,23,33)(H,24,34)(H,25,27)(H,26,28)(H,29,30)(H,31,32)(H,35,36)(H,37,38);2H,1H3,(H2,6,7,8,9). The number of aromatic nitrogens is 2. The molecule has 24 heteroatoms. The second-order valence-corrected chi connectivity index (χ2v) is 12.3. The fraction of sp³-hybridized carbons (Fsp3) is 0.520. The van der Waals surface area contributed by atoms with Gasteiger partial charge in [-0.1, -0.05) is 21.6 Å². The van der Waals surface area contributed by atoms with Gasteiger partial charge in [0.1, 0.15) is 37.3 Å². The van der Waals surface area contributed by atoms with Gasteiger partial charge in [-0.3, -0.25) is 48.1 Å². The number of amides is 4. The van der Waals surface area contributed by atoms with Crippen molar-refractivity contribution in [1.82, 2.24) is 31.2 Å². The second kappa shape index (κ2) is 23.4. The minimum Gasteiger partial charge on any atom is -0.480 e. The molecule has 0 aliphatic rings. The molecule has 14 N–H and O–H groups in total. The van der Waals surface area contributed by atoms with Gasteiger partial charge in [0.2, 0.25) is 23.6 Å². The summed E-state index contributed by atoms with van der Waals surface area (Å²) in [4.78, 5) is 118. The SMILES string of the molecule is Cc1c[nH]c(=O)[nH]c1=O.NC(CCC(=O)NC(CSSCC(NC(=O)CCC(N)C(=O)O)C(=O)NCC(=O)O)C(=O)NCC(=O)O)C(=O)O. The molecule has 0 radical (unpaired) electrons. The Morgan fingerprint density at radius 2 is 1.12 bits per heavy atom. The lowest BCUT2D eigenvalue weighted by Gasteiger charge is -2.20. The predicted octanol–water partition coefficient (Wildman–Crippen LogP) is -4.51. The highest BCUT2D eigenvalue weighted by Crippen LogP contribution is 2.23. The van der Waals surface area contributed by atoms with Gasteiger partial charge in [-0.05, 0) is 19.8 Å². The number of aromatic amines is 2. The Kier molecular flexibility index (Phi) is 21.0. The highest BCUT2D eigenvalue weighted by atomic mass is 33.1. The van der Waals surface area contributed by atoms with Crippen LogP contribution in [-0.4, -0.2) is 127 Å². The fourth-order valence-electron chi connectivity index (χ4n) is 3.00. The molecule has 1 heterocycles. The van der Waals surface area contributed by atoms with E-state index >= 15 is 0 Å². The number of carbonyl (C=O) groups is 8. The zero-order valence-electron chi connectivity index (χ0n) is 25.9. The number of nitrogens with one attached hydrogen (secondary N) is 6. The van der Waals surface area contributed by atoms with Crippen molar-refractivity contribution in [2.75, 3.05) is 24.6 Å². The van der Waals surface area contributed by atoms with Gasteiger partial charge in [-0.2, -0.15) is 0 Å². The molecule has 4 amide bonds. The van der Waals surface area contributed by atoms with Crippen LogP contribution in [0, 0.1) is 6.92 Å². The Labute approximate surface area is 284 Å². The van der Waals surface area contributed by atoms with Gasteiger partial charge < -0.3 is 58.1 Å². The van der Waals surface area contributed by atoms with E-state index in [-0.39, 0.29) is 42.7 Å². The highest BCUT2D eigenvalue weighted by Gasteiger charge is 2.25. The lowest BCUT2D eigenvalue weighted by atomic mass is 10.1. The molecule has 0 saturated carbocycles. The van der Waals surface area contributed by atoms with Gasteiger partial charge in [0, 0.05) is 36.1 Å².